The molecule has 0 radical (unpaired) electrons. The predicted molar refractivity (Wildman–Crippen MR) is 87.6 cm³/mol. The lowest BCUT2D eigenvalue weighted by atomic mass is 10.1. The summed E-state index contributed by atoms with van der Waals surface area (Å²) >= 11 is 0. The van der Waals surface area contributed by atoms with Crippen molar-refractivity contribution >= 4 is 5.69 Å². The third-order valence-corrected chi connectivity index (χ3v) is 4.47. The quantitative estimate of drug-likeness (QED) is 0.874. The van der Waals surface area contributed by atoms with Crippen molar-refractivity contribution < 1.29 is 4.39 Å². The first-order chi connectivity index (χ1) is 11.2. The number of nitriles is 1. The smallest absolute Gasteiger partial charge is 0.147 e. The fourth-order valence-corrected chi connectivity index (χ4v) is 3.04. The van der Waals surface area contributed by atoms with Crippen molar-refractivity contribution in [3.05, 3.63) is 59.7 Å². The van der Waals surface area contributed by atoms with Gasteiger partial charge >= 0.3 is 0 Å². The Morgan fingerprint density at radius 2 is 1.83 bits per heavy atom. The Bertz CT molecular complexity index is 703. The number of hydrogen-bond acceptors (Lipinski definition) is 4. The summed E-state index contributed by atoms with van der Waals surface area (Å²) in [5.41, 5.74) is 2.19. The van der Waals surface area contributed by atoms with Crippen LogP contribution in [0.1, 0.15) is 24.1 Å². The van der Waals surface area contributed by atoms with Crippen molar-refractivity contribution in [2.45, 2.75) is 13.0 Å². The fourth-order valence-electron chi connectivity index (χ4n) is 3.04. The number of aromatic nitrogens is 1. The summed E-state index contributed by atoms with van der Waals surface area (Å²) in [6.45, 7) is 5.50. The second kappa shape index (κ2) is 6.76. The first kappa shape index (κ1) is 15.4. The Morgan fingerprint density at radius 3 is 2.43 bits per heavy atom. The van der Waals surface area contributed by atoms with E-state index in [-0.39, 0.29) is 5.82 Å². The largest absolute Gasteiger partial charge is 0.367 e. The van der Waals surface area contributed by atoms with Gasteiger partial charge in [0, 0.05) is 44.6 Å². The van der Waals surface area contributed by atoms with Crippen LogP contribution < -0.4 is 4.90 Å². The topological polar surface area (TPSA) is 43.2 Å². The molecule has 1 aliphatic heterocycles. The number of piperazine rings is 1. The highest BCUT2D eigenvalue weighted by atomic mass is 19.1. The van der Waals surface area contributed by atoms with Gasteiger partial charge in [-0.2, -0.15) is 5.26 Å². The molecule has 118 valence electrons. The normalized spacial score (nSPS) is 16.8. The molecule has 23 heavy (non-hydrogen) atoms. The average Bonchev–Trinajstić information content (AvgIpc) is 2.62. The molecule has 3 rings (SSSR count). The van der Waals surface area contributed by atoms with Crippen molar-refractivity contribution in [1.82, 2.24) is 9.88 Å². The molecule has 2 heterocycles. The molecule has 0 unspecified atom stereocenters. The van der Waals surface area contributed by atoms with Gasteiger partial charge in [0.15, 0.2) is 0 Å². The van der Waals surface area contributed by atoms with E-state index < -0.39 is 0 Å². The maximum absolute atomic E-state index is 14.1. The summed E-state index contributed by atoms with van der Waals surface area (Å²) in [4.78, 5) is 8.50. The number of rotatable bonds is 3. The molecule has 0 saturated carbocycles. The average molecular weight is 310 g/mol. The Hall–Kier alpha value is -2.45. The van der Waals surface area contributed by atoms with E-state index >= 15 is 0 Å². The zero-order chi connectivity index (χ0) is 16.2. The van der Waals surface area contributed by atoms with Crippen LogP contribution >= 0.6 is 0 Å². The highest BCUT2D eigenvalue weighted by Gasteiger charge is 2.23. The summed E-state index contributed by atoms with van der Waals surface area (Å²) in [5, 5.41) is 8.83. The van der Waals surface area contributed by atoms with E-state index in [4.69, 9.17) is 5.26 Å². The van der Waals surface area contributed by atoms with Crippen molar-refractivity contribution in [2.24, 2.45) is 0 Å². The molecule has 1 atom stereocenters. The molecule has 1 aliphatic rings. The lowest BCUT2D eigenvalue weighted by Gasteiger charge is -2.39. The van der Waals surface area contributed by atoms with Gasteiger partial charge in [-0.1, -0.05) is 0 Å². The van der Waals surface area contributed by atoms with E-state index in [2.05, 4.69) is 16.8 Å². The maximum Gasteiger partial charge on any atom is 0.147 e. The van der Waals surface area contributed by atoms with Crippen molar-refractivity contribution in [3.63, 3.8) is 0 Å². The number of anilines is 1. The third kappa shape index (κ3) is 3.33. The molecule has 4 nitrogen and oxygen atoms in total. The van der Waals surface area contributed by atoms with E-state index in [0.717, 1.165) is 26.2 Å². The summed E-state index contributed by atoms with van der Waals surface area (Å²) in [5.74, 6) is -0.320. The minimum atomic E-state index is -0.320. The van der Waals surface area contributed by atoms with Crippen LogP contribution in [0.15, 0.2) is 42.7 Å². The molecular formula is C18H19FN4. The molecule has 1 aromatic heterocycles. The van der Waals surface area contributed by atoms with Crippen LogP contribution in [0, 0.1) is 17.1 Å². The first-order valence-corrected chi connectivity index (χ1v) is 7.77. The summed E-state index contributed by atoms with van der Waals surface area (Å²) < 4.78 is 14.1. The highest BCUT2D eigenvalue weighted by molar-refractivity contribution is 5.51. The zero-order valence-corrected chi connectivity index (χ0v) is 13.1. The highest BCUT2D eigenvalue weighted by Crippen LogP contribution is 2.25. The van der Waals surface area contributed by atoms with E-state index in [0.29, 0.717) is 17.3 Å². The first-order valence-electron chi connectivity index (χ1n) is 7.77. The number of hydrogen-bond donors (Lipinski definition) is 0. The number of pyridine rings is 1. The summed E-state index contributed by atoms with van der Waals surface area (Å²) in [6.07, 6.45) is 3.63. The monoisotopic (exact) mass is 310 g/mol. The van der Waals surface area contributed by atoms with Gasteiger partial charge in [0.05, 0.1) is 17.3 Å². The Kier molecular flexibility index (Phi) is 4.54. The molecule has 0 N–H and O–H groups in total. The van der Waals surface area contributed by atoms with Gasteiger partial charge in [-0.05, 0) is 42.8 Å². The van der Waals surface area contributed by atoms with Gasteiger partial charge in [-0.3, -0.25) is 9.88 Å². The van der Waals surface area contributed by atoms with Crippen molar-refractivity contribution in [2.75, 3.05) is 31.1 Å². The van der Waals surface area contributed by atoms with Gasteiger partial charge in [-0.25, -0.2) is 4.39 Å². The van der Waals surface area contributed by atoms with Crippen molar-refractivity contribution in [1.29, 1.82) is 5.26 Å². The van der Waals surface area contributed by atoms with Gasteiger partial charge in [0.25, 0.3) is 0 Å². The molecule has 2 aromatic rings. The summed E-state index contributed by atoms with van der Waals surface area (Å²) in [6, 6.07) is 11.1. The molecule has 0 amide bonds. The Labute approximate surface area is 135 Å². The van der Waals surface area contributed by atoms with Gasteiger partial charge < -0.3 is 4.90 Å². The van der Waals surface area contributed by atoms with E-state index in [9.17, 15) is 4.39 Å². The molecule has 1 saturated heterocycles. The van der Waals surface area contributed by atoms with Crippen LogP contribution in [-0.2, 0) is 0 Å². The molecule has 0 spiro atoms. The van der Waals surface area contributed by atoms with Crippen LogP contribution in [0.25, 0.3) is 0 Å². The number of benzene rings is 1. The van der Waals surface area contributed by atoms with Crippen LogP contribution in [0.2, 0.25) is 0 Å². The molecule has 1 fully saturated rings. The van der Waals surface area contributed by atoms with Gasteiger partial charge in [0.2, 0.25) is 0 Å². The summed E-state index contributed by atoms with van der Waals surface area (Å²) in [7, 11) is 0. The van der Waals surface area contributed by atoms with Crippen LogP contribution in [0.3, 0.4) is 0 Å². The lowest BCUT2D eigenvalue weighted by Crippen LogP contribution is -2.47. The second-order valence-corrected chi connectivity index (χ2v) is 5.76. The standard InChI is InChI=1S/C18H19FN4/c1-14(16-4-6-21-7-5-16)22-8-10-23(11-9-22)18-3-2-15(13-20)12-17(18)19/h2-7,12,14H,8-11H2,1H3/t14-/m0/s1. The third-order valence-electron chi connectivity index (χ3n) is 4.47. The van der Waals surface area contributed by atoms with E-state index in [1.165, 1.54) is 11.6 Å². The van der Waals surface area contributed by atoms with Crippen LogP contribution in [0.4, 0.5) is 10.1 Å². The second-order valence-electron chi connectivity index (χ2n) is 5.76. The number of halogens is 1. The fraction of sp³-hybridized carbons (Fsp3) is 0.333. The molecule has 1 aromatic carbocycles. The maximum atomic E-state index is 14.1. The zero-order valence-electron chi connectivity index (χ0n) is 13.1. The van der Waals surface area contributed by atoms with Crippen LogP contribution in [-0.4, -0.2) is 36.1 Å². The van der Waals surface area contributed by atoms with E-state index in [1.54, 1.807) is 12.1 Å². The van der Waals surface area contributed by atoms with Gasteiger partial charge in [0.1, 0.15) is 5.82 Å². The molecular weight excluding hydrogens is 291 g/mol. The lowest BCUT2D eigenvalue weighted by molar-refractivity contribution is 0.198. The minimum Gasteiger partial charge on any atom is -0.367 e. The molecule has 0 aliphatic carbocycles. The van der Waals surface area contributed by atoms with Crippen molar-refractivity contribution in [3.8, 4) is 6.07 Å². The Balaban J connectivity index is 1.66. The van der Waals surface area contributed by atoms with Gasteiger partial charge in [-0.15, -0.1) is 0 Å². The predicted octanol–water partition coefficient (Wildman–Crippen LogP) is 2.98. The molecule has 5 heteroatoms. The van der Waals surface area contributed by atoms with E-state index in [1.807, 2.05) is 35.5 Å². The SMILES string of the molecule is C[C@@H](c1ccncc1)N1CCN(c2ccc(C#N)cc2F)CC1. The minimum absolute atomic E-state index is 0.320. The Morgan fingerprint density at radius 1 is 1.13 bits per heavy atom. The number of nitrogens with zero attached hydrogens (tertiary/aromatic N) is 4. The molecule has 0 bridgehead atoms. The van der Waals surface area contributed by atoms with Crippen LogP contribution in [0.5, 0.6) is 0 Å².